The van der Waals surface area contributed by atoms with E-state index in [1.807, 2.05) is 23.6 Å². The molecule has 6 aliphatic rings. The van der Waals surface area contributed by atoms with E-state index in [1.165, 1.54) is 7.11 Å². The lowest BCUT2D eigenvalue weighted by Gasteiger charge is -2.56. The van der Waals surface area contributed by atoms with Gasteiger partial charge in [-0.05, 0) is 51.7 Å². The largest absolute Gasteiger partial charge is 0.530 e. The van der Waals surface area contributed by atoms with Crippen LogP contribution in [0.4, 0.5) is 0 Å². The second kappa shape index (κ2) is 11.3. The van der Waals surface area contributed by atoms with Crippen molar-refractivity contribution in [2.24, 2.45) is 11.8 Å². The number of methoxy groups -OCH3 is 2. The smallest absolute Gasteiger partial charge is 0.404 e. The number of ketones is 2. The van der Waals surface area contributed by atoms with Crippen molar-refractivity contribution < 1.29 is 41.3 Å². The molecule has 0 aromatic heterocycles. The summed E-state index contributed by atoms with van der Waals surface area (Å²) in [6.07, 6.45) is 2.76. The number of phosphoric ester groups is 1. The minimum atomic E-state index is -4.49. The Morgan fingerprint density at radius 2 is 1.38 bits per heavy atom. The lowest BCUT2D eigenvalue weighted by molar-refractivity contribution is -0.166. The number of carbonyl (C=O) groups is 2. The Kier molecular flexibility index (Phi) is 7.28. The van der Waals surface area contributed by atoms with E-state index in [0.29, 0.717) is 25.9 Å². The maximum Gasteiger partial charge on any atom is 0.530 e. The number of benzene rings is 1. The zero-order valence-electron chi connectivity index (χ0n) is 25.9. The van der Waals surface area contributed by atoms with Crippen molar-refractivity contribution in [3.8, 4) is 5.75 Å². The van der Waals surface area contributed by atoms with Crippen molar-refractivity contribution in [2.45, 2.75) is 62.7 Å². The molecule has 1 aromatic rings. The highest BCUT2D eigenvalue weighted by atomic mass is 31.2. The van der Waals surface area contributed by atoms with Gasteiger partial charge in [-0.2, -0.15) is 0 Å². The van der Waals surface area contributed by atoms with Crippen molar-refractivity contribution in [3.63, 3.8) is 0 Å². The third-order valence-electron chi connectivity index (χ3n) is 9.09. The zero-order valence-corrected chi connectivity index (χ0v) is 23.8. The Morgan fingerprint density at radius 3 is 1.85 bits per heavy atom. The Hall–Kier alpha value is -1.65. The summed E-state index contributed by atoms with van der Waals surface area (Å²) in [7, 11) is -5.73. The summed E-state index contributed by atoms with van der Waals surface area (Å²) < 4.78 is 65.8. The third kappa shape index (κ3) is 5.14. The van der Waals surface area contributed by atoms with Crippen LogP contribution in [-0.4, -0.2) is 98.2 Å². The van der Waals surface area contributed by atoms with E-state index in [1.54, 1.807) is 30.3 Å². The summed E-state index contributed by atoms with van der Waals surface area (Å²) in [4.78, 5) is 31.3. The van der Waals surface area contributed by atoms with Crippen LogP contribution in [0.25, 0.3) is 0 Å². The number of hydrogen-bond donors (Lipinski definition) is 0. The molecule has 0 spiro atoms. The summed E-state index contributed by atoms with van der Waals surface area (Å²) in [5.74, 6) is -0.465. The summed E-state index contributed by atoms with van der Waals surface area (Å²) in [5, 5.41) is 0. The number of nitrogens with zero attached hydrogens (tertiary/aromatic N) is 2. The highest BCUT2D eigenvalue weighted by Gasteiger charge is 2.59. The Balaban J connectivity index is 1.44. The first kappa shape index (κ1) is 25.1. The maximum absolute atomic E-state index is 14.4. The average Bonchev–Trinajstić information content (AvgIpc) is 2.94. The molecule has 6 heterocycles. The molecule has 4 bridgehead atoms. The topological polar surface area (TPSA) is 104 Å². The monoisotopic (exact) mass is 567 g/mol. The van der Waals surface area contributed by atoms with Crippen LogP contribution in [0.15, 0.2) is 30.3 Å². The van der Waals surface area contributed by atoms with Gasteiger partial charge in [0.15, 0.2) is 11.6 Å². The number of ether oxygens (including phenoxy) is 2. The first-order valence-electron chi connectivity index (χ1n) is 15.2. The van der Waals surface area contributed by atoms with Gasteiger partial charge in [-0.25, -0.2) is 4.57 Å². The molecule has 0 radical (unpaired) electrons. The molecular formula is C28H41N2O8P. The molecule has 0 aliphatic carbocycles. The lowest BCUT2D eigenvalue weighted by Crippen LogP contribution is -2.72. The molecule has 6 aliphatic heterocycles. The Bertz CT molecular complexity index is 1210. The average molecular weight is 568 g/mol. The molecule has 0 amide bonds. The fourth-order valence-electron chi connectivity index (χ4n) is 7.27. The molecular weight excluding hydrogens is 523 g/mol. The summed E-state index contributed by atoms with van der Waals surface area (Å²) in [6.45, 7) is 4.03. The zero-order chi connectivity index (χ0) is 30.3. The molecule has 0 N–H and O–H groups in total. The first-order valence-corrected chi connectivity index (χ1v) is 15.2. The van der Waals surface area contributed by atoms with Gasteiger partial charge in [0, 0.05) is 51.2 Å². The second-order valence-corrected chi connectivity index (χ2v) is 13.0. The van der Waals surface area contributed by atoms with E-state index in [4.69, 9.17) is 27.2 Å². The molecule has 7 rings (SSSR count). The molecule has 4 unspecified atom stereocenters. The number of piperidine rings is 6. The highest BCUT2D eigenvalue weighted by Crippen LogP contribution is 2.53. The van der Waals surface area contributed by atoms with Crippen LogP contribution in [0, 0.1) is 11.8 Å². The van der Waals surface area contributed by atoms with Crippen molar-refractivity contribution in [1.82, 2.24) is 9.80 Å². The maximum atomic E-state index is 14.4. The van der Waals surface area contributed by atoms with Crippen LogP contribution in [0.5, 0.6) is 5.75 Å². The molecule has 11 heteroatoms. The number of phosphoric acid groups is 1. The van der Waals surface area contributed by atoms with Gasteiger partial charge >= 0.3 is 7.82 Å². The van der Waals surface area contributed by atoms with Crippen LogP contribution in [-0.2, 0) is 32.7 Å². The standard InChI is InChI=1S/C28H41N2O8P/c1-20-14-22-10-12-29(20)27(16-34-3,25(22)31)18-36-39(33,38-24-8-6-5-7-9-24)37-19-28(17-35-4)26(32)23-11-13-30(28)21(2)15-23/h5-9,20-23H,10-19H2,1-4H3/t20-,21-,22+,23?,27+,28+,39?/m1/s1/i3D3. The quantitative estimate of drug-likeness (QED) is 0.349. The van der Waals surface area contributed by atoms with Gasteiger partial charge < -0.3 is 14.0 Å². The van der Waals surface area contributed by atoms with Crippen molar-refractivity contribution in [1.29, 1.82) is 0 Å². The molecule has 216 valence electrons. The van der Waals surface area contributed by atoms with Crippen LogP contribution in [0.3, 0.4) is 0 Å². The van der Waals surface area contributed by atoms with E-state index in [2.05, 4.69) is 0 Å². The first-order chi connectivity index (χ1) is 19.8. The van der Waals surface area contributed by atoms with Gasteiger partial charge in [0.2, 0.25) is 0 Å². The number of rotatable bonds is 12. The van der Waals surface area contributed by atoms with Gasteiger partial charge in [-0.15, -0.1) is 0 Å². The number of hydrogen-bond acceptors (Lipinski definition) is 10. The molecule has 1 aromatic carbocycles. The summed E-state index contributed by atoms with van der Waals surface area (Å²) in [6, 6.07) is 8.41. The van der Waals surface area contributed by atoms with Gasteiger partial charge in [0.1, 0.15) is 16.8 Å². The number of para-hydroxylation sites is 1. The molecule has 0 saturated carbocycles. The number of carbonyl (C=O) groups excluding carboxylic acids is 2. The fourth-order valence-corrected chi connectivity index (χ4v) is 8.57. The molecule has 6 saturated heterocycles. The minimum absolute atomic E-state index is 0.0257. The van der Waals surface area contributed by atoms with Gasteiger partial charge in [0.05, 0.1) is 30.5 Å². The molecule has 9 atom stereocenters. The van der Waals surface area contributed by atoms with E-state index >= 15 is 0 Å². The van der Waals surface area contributed by atoms with Gasteiger partial charge in [0.25, 0.3) is 0 Å². The second-order valence-electron chi connectivity index (χ2n) is 11.4. The van der Waals surface area contributed by atoms with Crippen molar-refractivity contribution in [3.05, 3.63) is 30.3 Å². The predicted octanol–water partition coefficient (Wildman–Crippen LogP) is 3.34. The molecule has 10 nitrogen and oxygen atoms in total. The number of fused-ring (bicyclic) bond motifs is 6. The van der Waals surface area contributed by atoms with Gasteiger partial charge in [-0.1, -0.05) is 18.2 Å². The van der Waals surface area contributed by atoms with Crippen LogP contribution >= 0.6 is 7.82 Å². The van der Waals surface area contributed by atoms with E-state index in [9.17, 15) is 14.2 Å². The van der Waals surface area contributed by atoms with Crippen molar-refractivity contribution in [2.75, 3.05) is 53.7 Å². The number of Topliss-reactive ketones (excluding diaryl/α,β-unsaturated/α-hetero) is 2. The van der Waals surface area contributed by atoms with E-state index < -0.39 is 39.2 Å². The van der Waals surface area contributed by atoms with Crippen molar-refractivity contribution >= 4 is 19.4 Å². The van der Waals surface area contributed by atoms with E-state index in [-0.39, 0.29) is 54.4 Å². The Morgan fingerprint density at radius 1 is 0.872 bits per heavy atom. The predicted molar refractivity (Wildman–Crippen MR) is 144 cm³/mol. The molecule has 6 fully saturated rings. The normalized spacial score (nSPS) is 40.5. The summed E-state index contributed by atoms with van der Waals surface area (Å²) >= 11 is 0. The molecule has 39 heavy (non-hydrogen) atoms. The van der Waals surface area contributed by atoms with E-state index in [0.717, 1.165) is 12.8 Å². The van der Waals surface area contributed by atoms with Crippen LogP contribution in [0.1, 0.15) is 43.6 Å². The third-order valence-corrected chi connectivity index (χ3v) is 10.4. The summed E-state index contributed by atoms with van der Waals surface area (Å²) in [5.41, 5.74) is -2.66. The minimum Gasteiger partial charge on any atom is -0.404 e. The lowest BCUT2D eigenvalue weighted by atomic mass is 9.71. The highest BCUT2D eigenvalue weighted by molar-refractivity contribution is 7.48. The fraction of sp³-hybridized carbons (Fsp3) is 0.714. The Labute approximate surface area is 235 Å². The van der Waals surface area contributed by atoms with Gasteiger partial charge in [-0.3, -0.25) is 28.4 Å². The van der Waals surface area contributed by atoms with Crippen LogP contribution < -0.4 is 4.52 Å². The van der Waals surface area contributed by atoms with Crippen LogP contribution in [0.2, 0.25) is 0 Å². The SMILES string of the molecule is [2H]C([2H])([2H])OC[C@]1(COP(=O)(OC[C@@]2(COC)C(=O)C3CCN2[C@H](C)C3)Oc2ccccc2)C(=O)[C@H]2CCN1[C@H](C)C2.